The van der Waals surface area contributed by atoms with Crippen molar-refractivity contribution in [1.29, 1.82) is 0 Å². The van der Waals surface area contributed by atoms with Crippen molar-refractivity contribution in [3.63, 3.8) is 0 Å². The zero-order chi connectivity index (χ0) is 25.7. The maximum atomic E-state index is 12.6. The SMILES string of the molecule is C=C/N=C(\N=C1/CN=C(NCc2ccc(S(=O)(=O)CC)cn2)C(=O)N1)c1c(OC)ncnc1C1CC1. The average molecular weight is 511 g/mol. The van der Waals surface area contributed by atoms with Crippen molar-refractivity contribution >= 4 is 33.3 Å². The van der Waals surface area contributed by atoms with Crippen molar-refractivity contribution in [3.8, 4) is 5.88 Å². The van der Waals surface area contributed by atoms with E-state index in [0.29, 0.717) is 23.0 Å². The van der Waals surface area contributed by atoms with Gasteiger partial charge in [0.15, 0.2) is 21.5 Å². The van der Waals surface area contributed by atoms with Crippen LogP contribution in [-0.2, 0) is 21.2 Å². The molecule has 4 rings (SSSR count). The highest BCUT2D eigenvalue weighted by Gasteiger charge is 2.32. The highest BCUT2D eigenvalue weighted by Crippen LogP contribution is 2.42. The van der Waals surface area contributed by atoms with Gasteiger partial charge >= 0.3 is 0 Å². The molecule has 2 N–H and O–H groups in total. The topological polar surface area (TPSA) is 160 Å². The first-order chi connectivity index (χ1) is 17.4. The molecule has 2 aromatic rings. The van der Waals surface area contributed by atoms with Gasteiger partial charge in [-0.25, -0.2) is 28.4 Å². The first kappa shape index (κ1) is 25.1. The molecule has 0 atom stereocenters. The Bertz CT molecular complexity index is 1360. The van der Waals surface area contributed by atoms with Crippen LogP contribution in [0, 0.1) is 0 Å². The molecular weight excluding hydrogens is 484 g/mol. The lowest BCUT2D eigenvalue weighted by Crippen LogP contribution is -2.48. The van der Waals surface area contributed by atoms with Crippen LogP contribution in [0.25, 0.3) is 0 Å². The lowest BCUT2D eigenvalue weighted by molar-refractivity contribution is -0.113. The standard InChI is InChI=1S/C23H26N8O4S/c1-4-24-20(18-19(14-6-7-14)28-13-29-23(18)35-3)30-17-12-27-21(22(32)31-17)26-10-15-8-9-16(11-25-15)36(33,34)5-2/h4,8-9,11,13-14H,1,5-7,10,12H2,2-3H3,(H,26,27)(H,24,30,31,32). The molecule has 0 aromatic carbocycles. The number of aromatic nitrogens is 3. The van der Waals surface area contributed by atoms with Crippen LogP contribution in [-0.4, -0.2) is 66.2 Å². The first-order valence-electron chi connectivity index (χ1n) is 11.3. The summed E-state index contributed by atoms with van der Waals surface area (Å²) in [6.45, 7) is 5.53. The van der Waals surface area contributed by atoms with E-state index in [1.807, 2.05) is 0 Å². The van der Waals surface area contributed by atoms with E-state index in [4.69, 9.17) is 4.74 Å². The van der Waals surface area contributed by atoms with E-state index < -0.39 is 15.7 Å². The smallest absolute Gasteiger partial charge is 0.291 e. The minimum atomic E-state index is -3.32. The Morgan fingerprint density at radius 3 is 2.72 bits per heavy atom. The number of amides is 1. The second kappa shape index (κ2) is 10.7. The highest BCUT2D eigenvalue weighted by atomic mass is 32.2. The molecule has 1 saturated carbocycles. The number of amidine groups is 3. The molecule has 2 aromatic heterocycles. The summed E-state index contributed by atoms with van der Waals surface area (Å²) in [5.41, 5.74) is 1.92. The summed E-state index contributed by atoms with van der Waals surface area (Å²) < 4.78 is 29.3. The van der Waals surface area contributed by atoms with E-state index in [2.05, 4.69) is 47.1 Å². The number of pyridine rings is 1. The van der Waals surface area contributed by atoms with Crippen molar-refractivity contribution < 1.29 is 17.9 Å². The molecule has 2 aliphatic rings. The van der Waals surface area contributed by atoms with Gasteiger partial charge in [-0.05, 0) is 25.0 Å². The van der Waals surface area contributed by atoms with Crippen LogP contribution in [0.15, 0.2) is 57.3 Å². The highest BCUT2D eigenvalue weighted by molar-refractivity contribution is 7.91. The van der Waals surface area contributed by atoms with Gasteiger partial charge in [0.1, 0.15) is 17.7 Å². The normalized spacial score (nSPS) is 17.4. The monoisotopic (exact) mass is 510 g/mol. The molecule has 1 amide bonds. The molecule has 0 saturated heterocycles. The number of ether oxygens (including phenoxy) is 1. The van der Waals surface area contributed by atoms with Gasteiger partial charge in [-0.1, -0.05) is 13.5 Å². The van der Waals surface area contributed by atoms with Gasteiger partial charge < -0.3 is 15.4 Å². The number of nitrogens with one attached hydrogen (secondary N) is 2. The Morgan fingerprint density at radius 2 is 2.11 bits per heavy atom. The number of hydrogen-bond donors (Lipinski definition) is 2. The van der Waals surface area contributed by atoms with Gasteiger partial charge in [0.2, 0.25) is 5.88 Å². The summed E-state index contributed by atoms with van der Waals surface area (Å²) in [4.78, 5) is 38.6. The van der Waals surface area contributed by atoms with Gasteiger partial charge in [-0.15, -0.1) is 0 Å². The predicted octanol–water partition coefficient (Wildman–Crippen LogP) is 1.16. The van der Waals surface area contributed by atoms with Gasteiger partial charge in [0.25, 0.3) is 5.91 Å². The number of carbonyl (C=O) groups excluding carboxylic acids is 1. The molecule has 0 radical (unpaired) electrons. The van der Waals surface area contributed by atoms with E-state index in [1.165, 1.54) is 31.9 Å². The zero-order valence-corrected chi connectivity index (χ0v) is 20.7. The minimum absolute atomic E-state index is 0.00165. The van der Waals surface area contributed by atoms with Crippen molar-refractivity contribution in [3.05, 3.63) is 54.4 Å². The summed E-state index contributed by atoms with van der Waals surface area (Å²) >= 11 is 0. The predicted molar refractivity (Wildman–Crippen MR) is 134 cm³/mol. The molecule has 13 heteroatoms. The van der Waals surface area contributed by atoms with Crippen molar-refractivity contribution in [2.24, 2.45) is 15.0 Å². The van der Waals surface area contributed by atoms with Crippen LogP contribution in [0.2, 0.25) is 0 Å². The number of sulfone groups is 1. The molecule has 1 aliphatic carbocycles. The fourth-order valence-corrected chi connectivity index (χ4v) is 4.29. The molecule has 36 heavy (non-hydrogen) atoms. The van der Waals surface area contributed by atoms with E-state index in [-0.39, 0.29) is 41.3 Å². The maximum Gasteiger partial charge on any atom is 0.291 e. The molecule has 1 aliphatic heterocycles. The summed E-state index contributed by atoms with van der Waals surface area (Å²) in [6.07, 6.45) is 6.12. The van der Waals surface area contributed by atoms with Crippen molar-refractivity contribution in [2.45, 2.75) is 37.1 Å². The number of hydrogen-bond acceptors (Lipinski definition) is 10. The van der Waals surface area contributed by atoms with E-state index in [0.717, 1.165) is 18.5 Å². The number of methoxy groups -OCH3 is 1. The summed E-state index contributed by atoms with van der Waals surface area (Å²) in [6, 6.07) is 3.09. The lowest BCUT2D eigenvalue weighted by Gasteiger charge is -2.17. The van der Waals surface area contributed by atoms with Crippen LogP contribution in [0.5, 0.6) is 5.88 Å². The van der Waals surface area contributed by atoms with Crippen LogP contribution in [0.1, 0.15) is 42.6 Å². The van der Waals surface area contributed by atoms with Crippen LogP contribution in [0.3, 0.4) is 0 Å². The van der Waals surface area contributed by atoms with Crippen molar-refractivity contribution in [1.82, 2.24) is 25.6 Å². The molecular formula is C23H26N8O4S. The van der Waals surface area contributed by atoms with Crippen LogP contribution >= 0.6 is 0 Å². The second-order valence-corrected chi connectivity index (χ2v) is 10.3. The third kappa shape index (κ3) is 5.62. The molecule has 12 nitrogen and oxygen atoms in total. The van der Waals surface area contributed by atoms with E-state index in [1.54, 1.807) is 13.0 Å². The number of nitrogens with zero attached hydrogens (tertiary/aromatic N) is 6. The third-order valence-corrected chi connectivity index (χ3v) is 7.23. The molecule has 1 fully saturated rings. The zero-order valence-electron chi connectivity index (χ0n) is 19.9. The Hall–Kier alpha value is -4.00. The van der Waals surface area contributed by atoms with Gasteiger partial charge in [0, 0.05) is 18.3 Å². The molecule has 0 bridgehead atoms. The quantitative estimate of drug-likeness (QED) is 0.395. The Balaban J connectivity index is 1.49. The Kier molecular flexibility index (Phi) is 7.48. The second-order valence-electron chi connectivity index (χ2n) is 7.97. The van der Waals surface area contributed by atoms with E-state index >= 15 is 0 Å². The minimum Gasteiger partial charge on any atom is -0.480 e. The molecule has 0 unspecified atom stereocenters. The average Bonchev–Trinajstić information content (AvgIpc) is 3.73. The molecule has 3 heterocycles. The van der Waals surface area contributed by atoms with Gasteiger partial charge in [0.05, 0.1) is 42.2 Å². The Labute approximate surface area is 208 Å². The van der Waals surface area contributed by atoms with Crippen LogP contribution < -0.4 is 15.4 Å². The van der Waals surface area contributed by atoms with E-state index in [9.17, 15) is 13.2 Å². The van der Waals surface area contributed by atoms with Crippen LogP contribution in [0.4, 0.5) is 0 Å². The number of aliphatic imine (C=N–C) groups is 3. The Morgan fingerprint density at radius 1 is 1.31 bits per heavy atom. The summed E-state index contributed by atoms with van der Waals surface area (Å²) in [5, 5.41) is 5.65. The van der Waals surface area contributed by atoms with Gasteiger partial charge in [-0.3, -0.25) is 14.8 Å². The third-order valence-electron chi connectivity index (χ3n) is 5.51. The first-order valence-corrected chi connectivity index (χ1v) is 12.9. The van der Waals surface area contributed by atoms with Crippen molar-refractivity contribution in [2.75, 3.05) is 19.4 Å². The fraction of sp³-hybridized carbons (Fsp3) is 0.348. The fourth-order valence-electron chi connectivity index (χ4n) is 3.47. The maximum absolute atomic E-state index is 12.6. The summed E-state index contributed by atoms with van der Waals surface area (Å²) in [7, 11) is -1.81. The lowest BCUT2D eigenvalue weighted by atomic mass is 10.1. The summed E-state index contributed by atoms with van der Waals surface area (Å²) in [5.74, 6) is 0.841. The molecule has 188 valence electrons. The number of carbonyl (C=O) groups is 1. The van der Waals surface area contributed by atoms with Gasteiger partial charge in [-0.2, -0.15) is 0 Å². The number of rotatable bonds is 8. The largest absolute Gasteiger partial charge is 0.480 e. The molecule has 0 spiro atoms.